The minimum atomic E-state index is -0.475. The number of benzene rings is 1. The number of fused-ring (bicyclic) bond motifs is 2. The smallest absolute Gasteiger partial charge is 0.257 e. The molecule has 1 amide bonds. The van der Waals surface area contributed by atoms with E-state index in [-0.39, 0.29) is 12.7 Å². The highest BCUT2D eigenvalue weighted by molar-refractivity contribution is 6.05. The van der Waals surface area contributed by atoms with Gasteiger partial charge in [0.1, 0.15) is 18.2 Å². The summed E-state index contributed by atoms with van der Waals surface area (Å²) in [5.41, 5.74) is 2.04. The summed E-state index contributed by atoms with van der Waals surface area (Å²) in [5.74, 6) is 2.08. The lowest BCUT2D eigenvalue weighted by molar-refractivity contribution is -0.113. The van der Waals surface area contributed by atoms with Crippen molar-refractivity contribution in [3.8, 4) is 11.5 Å². The Bertz CT molecular complexity index is 1090. The fourth-order valence-corrected chi connectivity index (χ4v) is 3.40. The van der Waals surface area contributed by atoms with Gasteiger partial charge < -0.3 is 20.1 Å². The Balaban J connectivity index is 1.58. The molecule has 4 heterocycles. The Hall–Kier alpha value is -3.88. The number of nitrogens with zero attached hydrogens (tertiary/aromatic N) is 4. The Morgan fingerprint density at radius 1 is 1.21 bits per heavy atom. The molecule has 0 saturated heterocycles. The molecule has 0 aliphatic carbocycles. The molecule has 0 saturated carbocycles. The summed E-state index contributed by atoms with van der Waals surface area (Å²) in [4.78, 5) is 21.6. The molecule has 3 aromatic rings. The normalized spacial score (nSPS) is 17.1. The number of pyridine rings is 1. The number of ether oxygens (including phenoxy) is 2. The minimum Gasteiger partial charge on any atom is -0.454 e. The van der Waals surface area contributed by atoms with Crippen LogP contribution in [-0.4, -0.2) is 32.4 Å². The predicted octanol–water partition coefficient (Wildman–Crippen LogP) is 2.33. The van der Waals surface area contributed by atoms with Crippen LogP contribution in [-0.2, 0) is 4.79 Å². The largest absolute Gasteiger partial charge is 0.454 e. The van der Waals surface area contributed by atoms with Crippen molar-refractivity contribution in [1.29, 1.82) is 0 Å². The van der Waals surface area contributed by atoms with Gasteiger partial charge in [0.25, 0.3) is 5.91 Å². The third-order valence-corrected chi connectivity index (χ3v) is 4.66. The van der Waals surface area contributed by atoms with Gasteiger partial charge >= 0.3 is 0 Å². The van der Waals surface area contributed by atoms with Crippen molar-refractivity contribution in [3.63, 3.8) is 0 Å². The van der Waals surface area contributed by atoms with Crippen molar-refractivity contribution in [1.82, 2.24) is 19.7 Å². The molecule has 1 aromatic carbocycles. The number of carbonyl (C=O) groups excluding carboxylic acids is 1. The van der Waals surface area contributed by atoms with E-state index >= 15 is 0 Å². The minimum absolute atomic E-state index is 0.182. The maximum absolute atomic E-state index is 13.2. The molecule has 2 aromatic heterocycles. The first-order valence-corrected chi connectivity index (χ1v) is 8.70. The molecule has 28 heavy (non-hydrogen) atoms. The molecular formula is C19H16N6O3. The zero-order valence-corrected chi connectivity index (χ0v) is 14.9. The third kappa shape index (κ3) is 2.64. The highest BCUT2D eigenvalue weighted by Gasteiger charge is 2.34. The maximum atomic E-state index is 13.2. The first-order valence-electron chi connectivity index (χ1n) is 8.70. The van der Waals surface area contributed by atoms with Gasteiger partial charge in [-0.15, -0.1) is 0 Å². The van der Waals surface area contributed by atoms with E-state index in [1.165, 1.54) is 6.33 Å². The van der Waals surface area contributed by atoms with Gasteiger partial charge in [-0.05, 0) is 36.8 Å². The molecule has 2 aliphatic heterocycles. The van der Waals surface area contributed by atoms with Crippen molar-refractivity contribution in [3.05, 3.63) is 65.8 Å². The van der Waals surface area contributed by atoms with Crippen LogP contribution in [0.25, 0.3) is 0 Å². The average molecular weight is 376 g/mol. The number of allylic oxidation sites excluding steroid dienone is 1. The highest BCUT2D eigenvalue weighted by Crippen LogP contribution is 2.40. The molecule has 140 valence electrons. The predicted molar refractivity (Wildman–Crippen MR) is 99.9 cm³/mol. The van der Waals surface area contributed by atoms with Crippen LogP contribution in [0.1, 0.15) is 18.5 Å². The monoisotopic (exact) mass is 376 g/mol. The lowest BCUT2D eigenvalue weighted by Crippen LogP contribution is -2.31. The summed E-state index contributed by atoms with van der Waals surface area (Å²) in [6.45, 7) is 2.02. The van der Waals surface area contributed by atoms with Gasteiger partial charge in [0.05, 0.1) is 5.57 Å². The van der Waals surface area contributed by atoms with Crippen LogP contribution in [0.5, 0.6) is 11.5 Å². The van der Waals surface area contributed by atoms with E-state index in [9.17, 15) is 4.79 Å². The number of amides is 1. The number of carbonyl (C=O) groups is 1. The van der Waals surface area contributed by atoms with Crippen molar-refractivity contribution >= 4 is 17.7 Å². The van der Waals surface area contributed by atoms with E-state index in [0.717, 1.165) is 5.56 Å². The van der Waals surface area contributed by atoms with Gasteiger partial charge in [-0.1, -0.05) is 12.1 Å². The van der Waals surface area contributed by atoms with Crippen molar-refractivity contribution in [2.75, 3.05) is 17.4 Å². The van der Waals surface area contributed by atoms with E-state index in [4.69, 9.17) is 9.47 Å². The number of nitrogens with one attached hydrogen (secondary N) is 2. The Morgan fingerprint density at radius 2 is 2.11 bits per heavy atom. The second-order valence-corrected chi connectivity index (χ2v) is 6.38. The van der Waals surface area contributed by atoms with Crippen molar-refractivity contribution < 1.29 is 14.3 Å². The summed E-state index contributed by atoms with van der Waals surface area (Å²) >= 11 is 0. The Morgan fingerprint density at radius 3 is 2.96 bits per heavy atom. The van der Waals surface area contributed by atoms with E-state index in [2.05, 4.69) is 25.7 Å². The number of aromatic nitrogens is 4. The van der Waals surface area contributed by atoms with E-state index < -0.39 is 6.04 Å². The second-order valence-electron chi connectivity index (χ2n) is 6.38. The lowest BCUT2D eigenvalue weighted by atomic mass is 9.94. The molecule has 9 heteroatoms. The van der Waals surface area contributed by atoms with E-state index in [1.807, 2.05) is 31.2 Å². The molecule has 9 nitrogen and oxygen atoms in total. The van der Waals surface area contributed by atoms with Gasteiger partial charge in [0.2, 0.25) is 12.7 Å². The van der Waals surface area contributed by atoms with Crippen LogP contribution in [0.4, 0.5) is 11.8 Å². The van der Waals surface area contributed by atoms with Gasteiger partial charge in [0, 0.05) is 11.9 Å². The summed E-state index contributed by atoms with van der Waals surface area (Å²) in [6, 6.07) is 10.5. The van der Waals surface area contributed by atoms with Crippen LogP contribution < -0.4 is 20.1 Å². The quantitative estimate of drug-likeness (QED) is 0.723. The zero-order valence-electron chi connectivity index (χ0n) is 14.9. The summed E-state index contributed by atoms with van der Waals surface area (Å²) in [5, 5.41) is 10.3. The van der Waals surface area contributed by atoms with Crippen molar-refractivity contribution in [2.45, 2.75) is 13.0 Å². The molecular weight excluding hydrogens is 360 g/mol. The molecule has 0 bridgehead atoms. The lowest BCUT2D eigenvalue weighted by Gasteiger charge is -2.28. The molecule has 1 atom stereocenters. The Kier molecular flexibility index (Phi) is 3.71. The zero-order chi connectivity index (χ0) is 19.1. The number of hydrogen-bond acceptors (Lipinski definition) is 7. The van der Waals surface area contributed by atoms with Crippen LogP contribution in [0.15, 0.2) is 60.2 Å². The van der Waals surface area contributed by atoms with Crippen LogP contribution in [0.2, 0.25) is 0 Å². The van der Waals surface area contributed by atoms with Gasteiger partial charge in [-0.2, -0.15) is 10.1 Å². The van der Waals surface area contributed by atoms with Crippen LogP contribution in [0, 0.1) is 0 Å². The van der Waals surface area contributed by atoms with Crippen LogP contribution >= 0.6 is 0 Å². The molecule has 2 N–H and O–H groups in total. The standard InChI is InChI=1S/C19H16N6O3/c1-11-16(18(26)24-15-4-2-3-7-20-15)17(25-19(23-11)21-9-22-25)12-5-6-13-14(8-12)28-10-27-13/h2-9,17H,10H2,1H3,(H,20,24,26)(H,21,22,23)/t17-/m1/s1. The SMILES string of the molecule is CC1=C(C(=O)Nc2ccccn2)[C@@H](c2ccc3c(c2)OCO3)n2ncnc2N1. The molecule has 0 unspecified atom stereocenters. The fraction of sp³-hybridized carbons (Fsp3) is 0.158. The van der Waals surface area contributed by atoms with Gasteiger partial charge in [-0.25, -0.2) is 9.67 Å². The second kappa shape index (κ2) is 6.38. The van der Waals surface area contributed by atoms with Crippen molar-refractivity contribution in [2.24, 2.45) is 0 Å². The molecule has 5 rings (SSSR count). The first-order chi connectivity index (χ1) is 13.7. The summed E-state index contributed by atoms with van der Waals surface area (Å²) in [7, 11) is 0. The third-order valence-electron chi connectivity index (χ3n) is 4.66. The number of rotatable bonds is 3. The number of hydrogen-bond donors (Lipinski definition) is 2. The molecule has 2 aliphatic rings. The Labute approximate surface area is 160 Å². The number of anilines is 2. The van der Waals surface area contributed by atoms with E-state index in [1.54, 1.807) is 23.0 Å². The summed E-state index contributed by atoms with van der Waals surface area (Å²) < 4.78 is 12.6. The summed E-state index contributed by atoms with van der Waals surface area (Å²) in [6.07, 6.45) is 3.08. The molecule has 0 spiro atoms. The van der Waals surface area contributed by atoms with Gasteiger partial charge in [0.15, 0.2) is 11.5 Å². The molecule has 0 fully saturated rings. The fourth-order valence-electron chi connectivity index (χ4n) is 3.40. The topological polar surface area (TPSA) is 103 Å². The first kappa shape index (κ1) is 16.3. The molecule has 0 radical (unpaired) electrons. The van der Waals surface area contributed by atoms with Gasteiger partial charge in [-0.3, -0.25) is 4.79 Å². The highest BCUT2D eigenvalue weighted by atomic mass is 16.7. The van der Waals surface area contributed by atoms with Crippen LogP contribution in [0.3, 0.4) is 0 Å². The van der Waals surface area contributed by atoms with E-state index in [0.29, 0.717) is 34.5 Å². The maximum Gasteiger partial charge on any atom is 0.257 e. The average Bonchev–Trinajstić information content (AvgIpc) is 3.35.